The summed E-state index contributed by atoms with van der Waals surface area (Å²) in [6, 6.07) is 0. The van der Waals surface area contributed by atoms with Crippen molar-refractivity contribution >= 4 is 6.09 Å². The number of halogens is 3. The van der Waals surface area contributed by atoms with Gasteiger partial charge in [-0.2, -0.15) is 13.2 Å². The van der Waals surface area contributed by atoms with Crippen LogP contribution in [0.4, 0.5) is 18.0 Å². The number of carbonyl (C=O) groups excluding carboxylic acids is 1. The molecule has 1 aliphatic heterocycles. The van der Waals surface area contributed by atoms with Gasteiger partial charge in [-0.05, 0) is 27.7 Å². The van der Waals surface area contributed by atoms with Crippen LogP contribution in [0.3, 0.4) is 0 Å². The minimum atomic E-state index is -4.88. The highest BCUT2D eigenvalue weighted by Crippen LogP contribution is 2.23. The summed E-state index contributed by atoms with van der Waals surface area (Å²) in [5.74, 6) is 0. The Morgan fingerprint density at radius 1 is 1.26 bits per heavy atom. The number of rotatable bonds is 1. The Bertz CT molecular complexity index is 536. The Balaban J connectivity index is 3.28. The molecule has 0 radical (unpaired) electrons. The monoisotopic (exact) mass is 288 g/mol. The Hall–Kier alpha value is -0.980. The number of nitrogens with zero attached hydrogens (tertiary/aromatic N) is 2. The first-order chi connectivity index (χ1) is 10.8. The minimum absolute atomic E-state index is 0.0253. The maximum absolute atomic E-state index is 12.5. The van der Waals surface area contributed by atoms with Gasteiger partial charge in [-0.1, -0.05) is 0 Å². The number of hydrogen-bond donors (Lipinski definition) is 0. The average Bonchev–Trinajstić information content (AvgIpc) is 2.29. The van der Waals surface area contributed by atoms with Crippen molar-refractivity contribution in [3.63, 3.8) is 0 Å². The molecule has 1 rings (SSSR count). The first-order valence-corrected chi connectivity index (χ1v) is 5.61. The third-order valence-electron chi connectivity index (χ3n) is 2.31. The van der Waals surface area contributed by atoms with Crippen LogP contribution in [0.25, 0.3) is 0 Å². The maximum Gasteiger partial charge on any atom is 0.425 e. The van der Waals surface area contributed by atoms with Crippen molar-refractivity contribution in [1.82, 2.24) is 9.80 Å². The third kappa shape index (κ3) is 4.56. The second-order valence-electron chi connectivity index (χ2n) is 5.04. The van der Waals surface area contributed by atoms with E-state index in [0.29, 0.717) is 11.8 Å². The van der Waals surface area contributed by atoms with Crippen LogP contribution in [0.5, 0.6) is 0 Å². The molecule has 1 aliphatic rings. The summed E-state index contributed by atoms with van der Waals surface area (Å²) in [4.78, 5) is 12.7. The molecule has 0 aromatic carbocycles. The van der Waals surface area contributed by atoms with E-state index in [4.69, 9.17) is 8.22 Å². The molecule has 1 atom stereocenters. The Kier molecular flexibility index (Phi) is 2.65. The predicted octanol–water partition coefficient (Wildman–Crippen LogP) is 2.49. The average molecular weight is 288 g/mol. The second-order valence-corrected chi connectivity index (χ2v) is 5.04. The highest BCUT2D eigenvalue weighted by Gasteiger charge is 2.40. The molecule has 1 saturated heterocycles. The summed E-state index contributed by atoms with van der Waals surface area (Å²) in [6.07, 6.45) is -9.21. The molecule has 19 heavy (non-hydrogen) atoms. The fourth-order valence-corrected chi connectivity index (χ4v) is 1.13. The van der Waals surface area contributed by atoms with Crippen LogP contribution in [-0.2, 0) is 4.74 Å². The van der Waals surface area contributed by atoms with Crippen molar-refractivity contribution in [1.29, 1.82) is 0 Å². The van der Waals surface area contributed by atoms with Crippen LogP contribution in [0.1, 0.15) is 35.9 Å². The van der Waals surface area contributed by atoms with E-state index in [9.17, 15) is 18.0 Å². The van der Waals surface area contributed by atoms with Crippen molar-refractivity contribution in [3.8, 4) is 0 Å². The molecular weight excluding hydrogens is 261 g/mol. The zero-order valence-electron chi connectivity index (χ0n) is 17.1. The standard InChI is InChI=1S/C12H21F3N2O2/c1-9(12(13,14)15)19-10(18)16-5-7-17(8-6-16)11(2,3)4/h9H,5-8H2,1-4H3/i5D2,7D2,8D2. The van der Waals surface area contributed by atoms with Crippen LogP contribution in [0, 0.1) is 0 Å². The molecular formula is C12H21F3N2O2. The van der Waals surface area contributed by atoms with Crippen molar-refractivity contribution in [3.05, 3.63) is 0 Å². The molecule has 0 aromatic rings. The first-order valence-electron chi connectivity index (χ1n) is 8.61. The summed E-state index contributed by atoms with van der Waals surface area (Å²) in [5, 5.41) is 0. The molecule has 0 bridgehead atoms. The fraction of sp³-hybridized carbons (Fsp3) is 0.917. The van der Waals surface area contributed by atoms with E-state index in [1.54, 1.807) is 0 Å². The second kappa shape index (κ2) is 5.56. The number of hydrogen-bond acceptors (Lipinski definition) is 3. The van der Waals surface area contributed by atoms with Crippen molar-refractivity contribution in [2.24, 2.45) is 0 Å². The van der Waals surface area contributed by atoms with Gasteiger partial charge in [-0.3, -0.25) is 4.90 Å². The fourth-order valence-electron chi connectivity index (χ4n) is 1.13. The summed E-state index contributed by atoms with van der Waals surface area (Å²) < 4.78 is 89.8. The van der Waals surface area contributed by atoms with Crippen LogP contribution in [0.15, 0.2) is 0 Å². The lowest BCUT2D eigenvalue weighted by Crippen LogP contribution is -2.55. The Labute approximate surface area is 119 Å². The quantitative estimate of drug-likeness (QED) is 0.743. The van der Waals surface area contributed by atoms with E-state index in [-0.39, 0.29) is 4.90 Å². The summed E-state index contributed by atoms with van der Waals surface area (Å²) in [7, 11) is 0. The molecule has 0 aromatic heterocycles. The van der Waals surface area contributed by atoms with Gasteiger partial charge >= 0.3 is 12.3 Å². The molecule has 112 valence electrons. The Morgan fingerprint density at radius 2 is 1.84 bits per heavy atom. The van der Waals surface area contributed by atoms with Crippen molar-refractivity contribution in [2.45, 2.75) is 45.5 Å². The van der Waals surface area contributed by atoms with Crippen LogP contribution in [0.2, 0.25) is 0 Å². The summed E-state index contributed by atoms with van der Waals surface area (Å²) in [6.45, 7) is -4.80. The van der Waals surface area contributed by atoms with Gasteiger partial charge in [-0.15, -0.1) is 0 Å². The van der Waals surface area contributed by atoms with Gasteiger partial charge in [0.1, 0.15) is 0 Å². The Morgan fingerprint density at radius 3 is 2.32 bits per heavy atom. The van der Waals surface area contributed by atoms with E-state index in [2.05, 4.69) is 4.74 Å². The van der Waals surface area contributed by atoms with Crippen molar-refractivity contribution < 1.29 is 30.9 Å². The molecule has 0 aliphatic carbocycles. The normalized spacial score (nSPS) is 32.9. The summed E-state index contributed by atoms with van der Waals surface area (Å²) >= 11 is 0. The number of ether oxygens (including phenoxy) is 1. The van der Waals surface area contributed by atoms with E-state index in [0.717, 1.165) is 0 Å². The SMILES string of the molecule is [2H]C1([2H])CN(C(=O)OC(C)C(F)(F)F)C([2H])([2H])C([2H])([2H])N1C(C)(C)C. The molecule has 1 fully saturated rings. The van der Waals surface area contributed by atoms with E-state index < -0.39 is 49.9 Å². The molecule has 0 N–H and O–H groups in total. The first kappa shape index (κ1) is 9.05. The van der Waals surface area contributed by atoms with Crippen LogP contribution >= 0.6 is 0 Å². The van der Waals surface area contributed by atoms with Crippen molar-refractivity contribution in [2.75, 3.05) is 26.0 Å². The van der Waals surface area contributed by atoms with Gasteiger partial charge in [-0.25, -0.2) is 4.79 Å². The summed E-state index contributed by atoms with van der Waals surface area (Å²) in [5.41, 5.74) is -1.17. The van der Waals surface area contributed by atoms with Crippen LogP contribution in [-0.4, -0.2) is 59.7 Å². The molecule has 1 unspecified atom stereocenters. The van der Waals surface area contributed by atoms with Gasteiger partial charge in [0.05, 0.1) is 2.74 Å². The number of piperazine rings is 1. The smallest absolute Gasteiger partial charge is 0.425 e. The van der Waals surface area contributed by atoms with Gasteiger partial charge < -0.3 is 9.64 Å². The number of amides is 1. The van der Waals surface area contributed by atoms with E-state index >= 15 is 0 Å². The van der Waals surface area contributed by atoms with Gasteiger partial charge in [0.15, 0.2) is 6.10 Å². The predicted molar refractivity (Wildman–Crippen MR) is 64.9 cm³/mol. The zero-order chi connectivity index (χ0) is 20.2. The van der Waals surface area contributed by atoms with Gasteiger partial charge in [0.25, 0.3) is 0 Å². The zero-order valence-corrected chi connectivity index (χ0v) is 11.1. The van der Waals surface area contributed by atoms with Crippen LogP contribution < -0.4 is 0 Å². The van der Waals surface area contributed by atoms with E-state index in [1.165, 1.54) is 20.8 Å². The lowest BCUT2D eigenvalue weighted by Gasteiger charge is -2.42. The molecule has 1 heterocycles. The van der Waals surface area contributed by atoms with E-state index in [1.807, 2.05) is 0 Å². The molecule has 1 amide bonds. The number of carbonyl (C=O) groups is 1. The highest BCUT2D eigenvalue weighted by atomic mass is 19.4. The maximum atomic E-state index is 12.5. The highest BCUT2D eigenvalue weighted by molar-refractivity contribution is 5.68. The molecule has 4 nitrogen and oxygen atoms in total. The lowest BCUT2D eigenvalue weighted by molar-refractivity contribution is -0.200. The topological polar surface area (TPSA) is 32.8 Å². The largest absolute Gasteiger partial charge is 0.437 e. The lowest BCUT2D eigenvalue weighted by atomic mass is 10.1. The van der Waals surface area contributed by atoms with Gasteiger partial charge in [0, 0.05) is 37.1 Å². The third-order valence-corrected chi connectivity index (χ3v) is 2.31. The van der Waals surface area contributed by atoms with Gasteiger partial charge in [0.2, 0.25) is 0 Å². The molecule has 0 spiro atoms. The minimum Gasteiger partial charge on any atom is -0.437 e. The molecule has 7 heteroatoms. The number of alkyl halides is 3. The molecule has 0 saturated carbocycles.